The monoisotopic (exact) mass is 283 g/mol. The average molecular weight is 283 g/mol. The van der Waals surface area contributed by atoms with E-state index < -0.39 is 0 Å². The number of para-hydroxylation sites is 2. The van der Waals surface area contributed by atoms with Gasteiger partial charge in [0.1, 0.15) is 17.4 Å². The zero-order valence-corrected chi connectivity index (χ0v) is 11.4. The van der Waals surface area contributed by atoms with Crippen molar-refractivity contribution in [3.63, 3.8) is 0 Å². The van der Waals surface area contributed by atoms with Gasteiger partial charge in [0, 0.05) is 6.20 Å². The molecule has 0 saturated heterocycles. The van der Waals surface area contributed by atoms with Crippen LogP contribution < -0.4 is 14.8 Å². The summed E-state index contributed by atoms with van der Waals surface area (Å²) in [6.45, 7) is -0.0941. The highest BCUT2D eigenvalue weighted by Crippen LogP contribution is 2.25. The molecule has 6 heteroatoms. The van der Waals surface area contributed by atoms with Gasteiger partial charge in [-0.3, -0.25) is 4.79 Å². The van der Waals surface area contributed by atoms with Crippen LogP contribution in [-0.2, 0) is 0 Å². The van der Waals surface area contributed by atoms with Crippen molar-refractivity contribution in [2.75, 3.05) is 19.0 Å². The van der Waals surface area contributed by atoms with Gasteiger partial charge in [-0.1, -0.05) is 12.1 Å². The lowest BCUT2D eigenvalue weighted by Crippen LogP contribution is -2.14. The van der Waals surface area contributed by atoms with Crippen LogP contribution in [0.5, 0.6) is 11.6 Å². The van der Waals surface area contributed by atoms with Crippen molar-refractivity contribution in [1.82, 2.24) is 4.98 Å². The van der Waals surface area contributed by atoms with E-state index in [4.69, 9.17) is 14.7 Å². The number of amides is 1. The SMILES string of the molecule is COc1ncccc1C(=O)Nc1ccccc1OCC#N. The largest absolute Gasteiger partial charge is 0.480 e. The Kier molecular flexibility index (Phi) is 4.72. The molecule has 1 aromatic carbocycles. The zero-order valence-electron chi connectivity index (χ0n) is 11.4. The number of pyridine rings is 1. The van der Waals surface area contributed by atoms with Crippen LogP contribution in [0.25, 0.3) is 0 Å². The number of hydrogen-bond donors (Lipinski definition) is 1. The number of anilines is 1. The van der Waals surface area contributed by atoms with E-state index in [2.05, 4.69) is 10.3 Å². The quantitative estimate of drug-likeness (QED) is 0.909. The Balaban J connectivity index is 2.22. The number of methoxy groups -OCH3 is 1. The summed E-state index contributed by atoms with van der Waals surface area (Å²) in [5.41, 5.74) is 0.791. The van der Waals surface area contributed by atoms with Crippen molar-refractivity contribution >= 4 is 11.6 Å². The molecular formula is C15H13N3O3. The normalized spacial score (nSPS) is 9.52. The fraction of sp³-hybridized carbons (Fsp3) is 0.133. The van der Waals surface area contributed by atoms with E-state index in [-0.39, 0.29) is 18.4 Å². The van der Waals surface area contributed by atoms with Gasteiger partial charge in [-0.15, -0.1) is 0 Å². The fourth-order valence-corrected chi connectivity index (χ4v) is 1.72. The van der Waals surface area contributed by atoms with Crippen molar-refractivity contribution in [3.8, 4) is 17.7 Å². The first-order valence-electron chi connectivity index (χ1n) is 6.15. The third kappa shape index (κ3) is 3.48. The van der Waals surface area contributed by atoms with Gasteiger partial charge in [0.15, 0.2) is 6.61 Å². The summed E-state index contributed by atoms with van der Waals surface area (Å²) in [5, 5.41) is 11.3. The van der Waals surface area contributed by atoms with E-state index in [0.717, 1.165) is 0 Å². The van der Waals surface area contributed by atoms with E-state index in [1.165, 1.54) is 7.11 Å². The first-order valence-corrected chi connectivity index (χ1v) is 6.15. The fourth-order valence-electron chi connectivity index (χ4n) is 1.72. The molecule has 0 atom stereocenters. The van der Waals surface area contributed by atoms with Crippen LogP contribution in [0.15, 0.2) is 42.6 Å². The maximum Gasteiger partial charge on any atom is 0.261 e. The molecule has 0 fully saturated rings. The molecule has 0 unspecified atom stereocenters. The first-order chi connectivity index (χ1) is 10.3. The predicted octanol–water partition coefficient (Wildman–Crippen LogP) is 2.24. The molecule has 0 radical (unpaired) electrons. The van der Waals surface area contributed by atoms with Crippen LogP contribution in [-0.4, -0.2) is 24.6 Å². The van der Waals surface area contributed by atoms with E-state index in [9.17, 15) is 4.79 Å². The van der Waals surface area contributed by atoms with E-state index in [0.29, 0.717) is 17.0 Å². The number of carbonyl (C=O) groups is 1. The van der Waals surface area contributed by atoms with E-state index in [1.54, 1.807) is 42.6 Å². The van der Waals surface area contributed by atoms with Gasteiger partial charge in [0.05, 0.1) is 12.8 Å². The van der Waals surface area contributed by atoms with Gasteiger partial charge in [-0.05, 0) is 24.3 Å². The maximum atomic E-state index is 12.3. The van der Waals surface area contributed by atoms with Crippen molar-refractivity contribution in [3.05, 3.63) is 48.2 Å². The van der Waals surface area contributed by atoms with Gasteiger partial charge in [-0.25, -0.2) is 4.98 Å². The summed E-state index contributed by atoms with van der Waals surface area (Å²) in [4.78, 5) is 16.2. The van der Waals surface area contributed by atoms with Gasteiger partial charge < -0.3 is 14.8 Å². The van der Waals surface area contributed by atoms with Crippen molar-refractivity contribution in [2.45, 2.75) is 0 Å². The number of rotatable bonds is 5. The summed E-state index contributed by atoms with van der Waals surface area (Å²) >= 11 is 0. The van der Waals surface area contributed by atoms with Gasteiger partial charge in [-0.2, -0.15) is 5.26 Å². The lowest BCUT2D eigenvalue weighted by molar-refractivity contribution is 0.102. The second-order valence-corrected chi connectivity index (χ2v) is 3.96. The molecule has 2 rings (SSSR count). The van der Waals surface area contributed by atoms with Crippen LogP contribution in [0, 0.1) is 11.3 Å². The second kappa shape index (κ2) is 6.91. The van der Waals surface area contributed by atoms with Crippen LogP contribution in [0.2, 0.25) is 0 Å². The highest BCUT2D eigenvalue weighted by atomic mass is 16.5. The number of hydrogen-bond acceptors (Lipinski definition) is 5. The Morgan fingerprint density at radius 2 is 2.14 bits per heavy atom. The minimum absolute atomic E-state index is 0.0941. The molecule has 0 aliphatic carbocycles. The highest BCUT2D eigenvalue weighted by Gasteiger charge is 2.14. The summed E-state index contributed by atoms with van der Waals surface area (Å²) in [6.07, 6.45) is 1.54. The van der Waals surface area contributed by atoms with Crippen molar-refractivity contribution < 1.29 is 14.3 Å². The molecule has 6 nitrogen and oxygen atoms in total. The summed E-state index contributed by atoms with van der Waals surface area (Å²) in [7, 11) is 1.45. The molecule has 1 aromatic heterocycles. The Labute approximate surface area is 121 Å². The minimum atomic E-state index is -0.368. The lowest BCUT2D eigenvalue weighted by atomic mass is 10.2. The number of carbonyl (C=O) groups excluding carboxylic acids is 1. The predicted molar refractivity (Wildman–Crippen MR) is 76.3 cm³/mol. The van der Waals surface area contributed by atoms with Crippen molar-refractivity contribution in [2.24, 2.45) is 0 Å². The number of nitrogens with zero attached hydrogens (tertiary/aromatic N) is 2. The molecule has 1 N–H and O–H groups in total. The van der Waals surface area contributed by atoms with Crippen LogP contribution in [0.1, 0.15) is 10.4 Å². The topological polar surface area (TPSA) is 84.2 Å². The average Bonchev–Trinajstić information content (AvgIpc) is 2.54. The first kappa shape index (κ1) is 14.3. The number of benzene rings is 1. The molecule has 1 amide bonds. The molecule has 21 heavy (non-hydrogen) atoms. The molecule has 0 aliphatic heterocycles. The minimum Gasteiger partial charge on any atom is -0.480 e. The smallest absolute Gasteiger partial charge is 0.261 e. The van der Waals surface area contributed by atoms with Gasteiger partial charge in [0.2, 0.25) is 5.88 Å². The number of aromatic nitrogens is 1. The molecule has 0 saturated carbocycles. The molecule has 2 aromatic rings. The maximum absolute atomic E-state index is 12.3. The number of nitrogens with one attached hydrogen (secondary N) is 1. The highest BCUT2D eigenvalue weighted by molar-refractivity contribution is 6.06. The lowest BCUT2D eigenvalue weighted by Gasteiger charge is -2.11. The van der Waals surface area contributed by atoms with Gasteiger partial charge >= 0.3 is 0 Å². The Bertz CT molecular complexity index is 680. The zero-order chi connectivity index (χ0) is 15.1. The summed E-state index contributed by atoms with van der Waals surface area (Å²) in [6, 6.07) is 12.0. The van der Waals surface area contributed by atoms with Crippen molar-refractivity contribution in [1.29, 1.82) is 5.26 Å². The summed E-state index contributed by atoms with van der Waals surface area (Å²) in [5.74, 6) is 0.300. The Hall–Kier alpha value is -3.07. The molecule has 0 bridgehead atoms. The van der Waals surface area contributed by atoms with Crippen LogP contribution in [0.4, 0.5) is 5.69 Å². The van der Waals surface area contributed by atoms with Crippen LogP contribution >= 0.6 is 0 Å². The van der Waals surface area contributed by atoms with E-state index >= 15 is 0 Å². The van der Waals surface area contributed by atoms with Crippen LogP contribution in [0.3, 0.4) is 0 Å². The molecule has 106 valence electrons. The molecule has 0 spiro atoms. The third-order valence-electron chi connectivity index (χ3n) is 2.64. The second-order valence-electron chi connectivity index (χ2n) is 3.96. The number of ether oxygens (including phenoxy) is 2. The van der Waals surface area contributed by atoms with E-state index in [1.807, 2.05) is 6.07 Å². The third-order valence-corrected chi connectivity index (χ3v) is 2.64. The Morgan fingerprint density at radius 1 is 1.33 bits per heavy atom. The standard InChI is InChI=1S/C15H13N3O3/c1-20-15-11(5-4-9-17-15)14(19)18-12-6-2-3-7-13(12)21-10-8-16/h2-7,9H,10H2,1H3,(H,18,19). The molecular weight excluding hydrogens is 270 g/mol. The Morgan fingerprint density at radius 3 is 2.90 bits per heavy atom. The molecule has 1 heterocycles. The summed E-state index contributed by atoms with van der Waals surface area (Å²) < 4.78 is 10.3. The van der Waals surface area contributed by atoms with Gasteiger partial charge in [0.25, 0.3) is 5.91 Å². The number of nitriles is 1. The molecule has 0 aliphatic rings.